The minimum atomic E-state index is -1.08. The minimum absolute atomic E-state index is 0.0471. The van der Waals surface area contributed by atoms with Crippen molar-refractivity contribution in [2.75, 3.05) is 18.0 Å². The average Bonchev–Trinajstić information content (AvgIpc) is 3.04. The molecule has 2 aromatic heterocycles. The molecule has 1 atom stereocenters. The summed E-state index contributed by atoms with van der Waals surface area (Å²) in [6.45, 7) is 2.22. The summed E-state index contributed by atoms with van der Waals surface area (Å²) in [6.07, 6.45) is 5.15. The van der Waals surface area contributed by atoms with E-state index in [9.17, 15) is 10.1 Å². The van der Waals surface area contributed by atoms with Gasteiger partial charge in [0.15, 0.2) is 5.69 Å². The lowest BCUT2D eigenvalue weighted by atomic mass is 9.97. The van der Waals surface area contributed by atoms with Gasteiger partial charge in [-0.2, -0.15) is 5.26 Å². The summed E-state index contributed by atoms with van der Waals surface area (Å²) in [5.74, 6) is -0.0566. The fourth-order valence-corrected chi connectivity index (χ4v) is 2.89. The Bertz CT molecular complexity index is 750. The minimum Gasteiger partial charge on any atom is -0.476 e. The number of rotatable bonds is 4. The van der Waals surface area contributed by atoms with Gasteiger partial charge >= 0.3 is 5.97 Å². The van der Waals surface area contributed by atoms with Gasteiger partial charge in [0.2, 0.25) is 0 Å². The second-order valence-corrected chi connectivity index (χ2v) is 5.57. The van der Waals surface area contributed by atoms with Crippen LogP contribution in [-0.2, 0) is 6.54 Å². The number of aromatic nitrogens is 4. The Kier molecular flexibility index (Phi) is 4.19. The van der Waals surface area contributed by atoms with Crippen LogP contribution in [0.5, 0.6) is 0 Å². The van der Waals surface area contributed by atoms with E-state index in [1.165, 1.54) is 6.20 Å². The number of hydrogen-bond donors (Lipinski definition) is 1. The van der Waals surface area contributed by atoms with Crippen LogP contribution in [0, 0.1) is 17.2 Å². The molecule has 0 bridgehead atoms. The second kappa shape index (κ2) is 6.44. The van der Waals surface area contributed by atoms with Crippen LogP contribution in [0.2, 0.25) is 0 Å². The zero-order valence-corrected chi connectivity index (χ0v) is 12.5. The van der Waals surface area contributed by atoms with Crippen molar-refractivity contribution in [1.29, 1.82) is 5.26 Å². The van der Waals surface area contributed by atoms with Crippen molar-refractivity contribution in [2.45, 2.75) is 19.4 Å². The van der Waals surface area contributed by atoms with Gasteiger partial charge in [0, 0.05) is 25.8 Å². The van der Waals surface area contributed by atoms with E-state index in [4.69, 9.17) is 5.11 Å². The number of anilines is 1. The lowest BCUT2D eigenvalue weighted by Gasteiger charge is -2.33. The third-order valence-electron chi connectivity index (χ3n) is 3.93. The van der Waals surface area contributed by atoms with Crippen LogP contribution >= 0.6 is 0 Å². The first kappa shape index (κ1) is 15.0. The quantitative estimate of drug-likeness (QED) is 0.902. The predicted octanol–water partition coefficient (Wildman–Crippen LogP) is 1.16. The van der Waals surface area contributed by atoms with Crippen LogP contribution in [0.1, 0.15) is 28.9 Å². The monoisotopic (exact) mass is 312 g/mol. The molecule has 1 saturated heterocycles. The smallest absolute Gasteiger partial charge is 0.358 e. The Hall–Kier alpha value is -2.95. The topological polar surface area (TPSA) is 108 Å². The van der Waals surface area contributed by atoms with E-state index in [1.807, 2.05) is 0 Å². The van der Waals surface area contributed by atoms with Gasteiger partial charge in [-0.1, -0.05) is 5.21 Å². The molecule has 0 aliphatic carbocycles. The van der Waals surface area contributed by atoms with E-state index in [2.05, 4.69) is 26.3 Å². The van der Waals surface area contributed by atoms with Gasteiger partial charge in [-0.05, 0) is 30.9 Å². The number of carboxylic acids is 1. The summed E-state index contributed by atoms with van der Waals surface area (Å²) in [5, 5.41) is 25.6. The number of aromatic carboxylic acids is 1. The van der Waals surface area contributed by atoms with Crippen molar-refractivity contribution in [2.24, 2.45) is 5.92 Å². The Morgan fingerprint density at radius 1 is 1.52 bits per heavy atom. The molecule has 0 saturated carbocycles. The molecule has 23 heavy (non-hydrogen) atoms. The summed E-state index contributed by atoms with van der Waals surface area (Å²) in [6, 6.07) is 5.70. The molecular weight excluding hydrogens is 296 g/mol. The number of pyridine rings is 1. The first-order chi connectivity index (χ1) is 11.2. The van der Waals surface area contributed by atoms with Crippen LogP contribution in [0.25, 0.3) is 0 Å². The molecule has 0 spiro atoms. The van der Waals surface area contributed by atoms with E-state index in [0.29, 0.717) is 23.8 Å². The Labute approximate surface area is 133 Å². The molecule has 0 amide bonds. The van der Waals surface area contributed by atoms with Gasteiger partial charge in [-0.3, -0.25) is 4.68 Å². The van der Waals surface area contributed by atoms with Gasteiger partial charge in [0.1, 0.15) is 11.9 Å². The normalized spacial score (nSPS) is 17.7. The zero-order valence-electron chi connectivity index (χ0n) is 12.5. The maximum Gasteiger partial charge on any atom is 0.358 e. The highest BCUT2D eigenvalue weighted by atomic mass is 16.4. The van der Waals surface area contributed by atoms with Crippen molar-refractivity contribution in [3.63, 3.8) is 0 Å². The molecule has 118 valence electrons. The van der Waals surface area contributed by atoms with Gasteiger partial charge in [-0.25, -0.2) is 9.78 Å². The van der Waals surface area contributed by atoms with Crippen LogP contribution < -0.4 is 4.90 Å². The van der Waals surface area contributed by atoms with Gasteiger partial charge in [0.25, 0.3) is 0 Å². The Morgan fingerprint density at radius 2 is 2.39 bits per heavy atom. The molecule has 2 aromatic rings. The standard InChI is InChI=1S/C15H16N6O2/c16-7-12-4-1-5-17-14(12)20-6-2-3-11(8-20)9-21-10-13(15(22)23)18-19-21/h1,4-5,10-11H,2-3,6,8-9H2,(H,22,23)/t11-/m0/s1. The van der Waals surface area contributed by atoms with Gasteiger partial charge < -0.3 is 10.0 Å². The van der Waals surface area contributed by atoms with Crippen molar-refractivity contribution >= 4 is 11.8 Å². The SMILES string of the molecule is N#Cc1cccnc1N1CCC[C@H](Cn2cc(C(=O)O)nn2)C1. The zero-order chi connectivity index (χ0) is 16.2. The van der Waals surface area contributed by atoms with Crippen LogP contribution in [0.4, 0.5) is 5.82 Å². The fourth-order valence-electron chi connectivity index (χ4n) is 2.89. The summed E-state index contributed by atoms with van der Waals surface area (Å²) in [4.78, 5) is 17.3. The van der Waals surface area contributed by atoms with Crippen LogP contribution in [-0.4, -0.2) is 44.1 Å². The van der Waals surface area contributed by atoms with E-state index >= 15 is 0 Å². The summed E-state index contributed by atoms with van der Waals surface area (Å²) in [7, 11) is 0. The molecule has 8 nitrogen and oxygen atoms in total. The number of piperidine rings is 1. The number of hydrogen-bond acceptors (Lipinski definition) is 6. The second-order valence-electron chi connectivity index (χ2n) is 5.57. The highest BCUT2D eigenvalue weighted by Gasteiger charge is 2.23. The van der Waals surface area contributed by atoms with Crippen molar-refractivity contribution in [3.05, 3.63) is 35.8 Å². The van der Waals surface area contributed by atoms with Crippen molar-refractivity contribution in [3.8, 4) is 6.07 Å². The lowest BCUT2D eigenvalue weighted by Crippen LogP contribution is -2.38. The first-order valence-electron chi connectivity index (χ1n) is 7.41. The number of nitriles is 1. The number of carboxylic acid groups (broad SMARTS) is 1. The van der Waals surface area contributed by atoms with Crippen LogP contribution in [0.3, 0.4) is 0 Å². The molecule has 1 N–H and O–H groups in total. The molecule has 3 rings (SSSR count). The van der Waals surface area contributed by atoms with E-state index < -0.39 is 5.97 Å². The maximum absolute atomic E-state index is 10.9. The molecule has 8 heteroatoms. The van der Waals surface area contributed by atoms with E-state index in [0.717, 1.165) is 25.9 Å². The highest BCUT2D eigenvalue weighted by molar-refractivity contribution is 5.84. The maximum atomic E-state index is 10.9. The van der Waals surface area contributed by atoms with Gasteiger partial charge in [-0.15, -0.1) is 5.10 Å². The van der Waals surface area contributed by atoms with E-state index in [-0.39, 0.29) is 5.69 Å². The average molecular weight is 312 g/mol. The third-order valence-corrected chi connectivity index (χ3v) is 3.93. The lowest BCUT2D eigenvalue weighted by molar-refractivity contribution is 0.0690. The summed E-state index contributed by atoms with van der Waals surface area (Å²) >= 11 is 0. The number of nitrogens with zero attached hydrogens (tertiary/aromatic N) is 6. The van der Waals surface area contributed by atoms with Crippen LogP contribution in [0.15, 0.2) is 24.5 Å². The molecule has 3 heterocycles. The molecule has 1 aliphatic rings. The molecule has 0 aromatic carbocycles. The molecular formula is C15H16N6O2. The van der Waals surface area contributed by atoms with Crippen molar-refractivity contribution in [1.82, 2.24) is 20.0 Å². The van der Waals surface area contributed by atoms with E-state index in [1.54, 1.807) is 23.0 Å². The summed E-state index contributed by atoms with van der Waals surface area (Å²) in [5.41, 5.74) is 0.524. The first-order valence-corrected chi connectivity index (χ1v) is 7.41. The molecule has 1 aliphatic heterocycles. The highest BCUT2D eigenvalue weighted by Crippen LogP contribution is 2.24. The fraction of sp³-hybridized carbons (Fsp3) is 0.400. The summed E-state index contributed by atoms with van der Waals surface area (Å²) < 4.78 is 1.57. The molecule has 0 unspecified atom stereocenters. The Balaban J connectivity index is 1.70. The van der Waals surface area contributed by atoms with Gasteiger partial charge in [0.05, 0.1) is 11.8 Å². The molecule has 1 fully saturated rings. The largest absolute Gasteiger partial charge is 0.476 e. The molecule has 0 radical (unpaired) electrons. The Morgan fingerprint density at radius 3 is 3.13 bits per heavy atom. The predicted molar refractivity (Wildman–Crippen MR) is 80.9 cm³/mol. The van der Waals surface area contributed by atoms with Crippen molar-refractivity contribution < 1.29 is 9.90 Å². The third kappa shape index (κ3) is 3.29. The number of carbonyl (C=O) groups is 1.